The van der Waals surface area contributed by atoms with Crippen LogP contribution in [0.5, 0.6) is 11.5 Å². The van der Waals surface area contributed by atoms with E-state index in [1.54, 1.807) is 25.1 Å². The molecule has 3 aromatic rings. The number of Topliss-reactive ketones (excluding diaryl/α,β-unsaturated/α-hetero) is 1. The van der Waals surface area contributed by atoms with Gasteiger partial charge in [-0.2, -0.15) is 0 Å². The topological polar surface area (TPSA) is 101 Å². The molecule has 8 heteroatoms. The minimum absolute atomic E-state index is 0.0213. The fourth-order valence-corrected chi connectivity index (χ4v) is 3.72. The van der Waals surface area contributed by atoms with Crippen LogP contribution < -0.4 is 9.47 Å². The molecule has 2 aromatic carbocycles. The van der Waals surface area contributed by atoms with Crippen molar-refractivity contribution in [2.24, 2.45) is 0 Å². The van der Waals surface area contributed by atoms with Gasteiger partial charge < -0.3 is 18.9 Å². The summed E-state index contributed by atoms with van der Waals surface area (Å²) in [5.74, 6) is -0.215. The number of aryl methyl sites for hydroxylation is 1. The molecule has 1 aromatic heterocycles. The Labute approximate surface area is 190 Å². The van der Waals surface area contributed by atoms with E-state index in [9.17, 15) is 14.4 Å². The van der Waals surface area contributed by atoms with Crippen LogP contribution in [0.25, 0.3) is 10.9 Å². The van der Waals surface area contributed by atoms with Gasteiger partial charge in [0.25, 0.3) is 0 Å². The summed E-state index contributed by atoms with van der Waals surface area (Å²) in [7, 11) is 1.29. The van der Waals surface area contributed by atoms with Crippen LogP contribution >= 0.6 is 0 Å². The molecule has 33 heavy (non-hydrogen) atoms. The molecule has 0 atom stereocenters. The van der Waals surface area contributed by atoms with Crippen molar-refractivity contribution in [2.75, 3.05) is 20.3 Å². The highest BCUT2D eigenvalue weighted by atomic mass is 16.6. The molecule has 170 valence electrons. The van der Waals surface area contributed by atoms with Crippen LogP contribution in [-0.4, -0.2) is 43.0 Å². The van der Waals surface area contributed by atoms with E-state index >= 15 is 0 Å². The van der Waals surface area contributed by atoms with Gasteiger partial charge in [0.1, 0.15) is 19.8 Å². The number of para-hydroxylation sites is 1. The molecule has 0 amide bonds. The summed E-state index contributed by atoms with van der Waals surface area (Å²) in [6.45, 7) is 2.49. The molecule has 4 rings (SSSR count). The van der Waals surface area contributed by atoms with Crippen molar-refractivity contribution in [3.8, 4) is 11.5 Å². The Bertz CT molecular complexity index is 1230. The highest BCUT2D eigenvalue weighted by molar-refractivity contribution is 5.99. The van der Waals surface area contributed by atoms with Gasteiger partial charge in [-0.25, -0.2) is 9.78 Å². The molecule has 1 aliphatic heterocycles. The predicted molar refractivity (Wildman–Crippen MR) is 119 cm³/mol. The van der Waals surface area contributed by atoms with Gasteiger partial charge in [-0.05, 0) is 36.8 Å². The monoisotopic (exact) mass is 449 g/mol. The summed E-state index contributed by atoms with van der Waals surface area (Å²) >= 11 is 0. The van der Waals surface area contributed by atoms with Crippen LogP contribution in [-0.2, 0) is 20.9 Å². The second kappa shape index (κ2) is 9.68. The van der Waals surface area contributed by atoms with E-state index in [0.29, 0.717) is 47.1 Å². The van der Waals surface area contributed by atoms with Crippen molar-refractivity contribution in [2.45, 2.75) is 26.4 Å². The summed E-state index contributed by atoms with van der Waals surface area (Å²) < 4.78 is 21.2. The summed E-state index contributed by atoms with van der Waals surface area (Å²) in [4.78, 5) is 41.7. The fourth-order valence-electron chi connectivity index (χ4n) is 3.72. The molecule has 0 fully saturated rings. The number of carbonyl (C=O) groups is 3. The fraction of sp³-hybridized carbons (Fsp3) is 0.280. The summed E-state index contributed by atoms with van der Waals surface area (Å²) in [6.07, 6.45) is -0.125. The molecule has 0 N–H and O–H groups in total. The van der Waals surface area contributed by atoms with Gasteiger partial charge in [0.05, 0.1) is 30.3 Å². The van der Waals surface area contributed by atoms with E-state index in [-0.39, 0.29) is 30.8 Å². The summed E-state index contributed by atoms with van der Waals surface area (Å²) in [6, 6.07) is 12.3. The van der Waals surface area contributed by atoms with Crippen LogP contribution in [0.2, 0.25) is 0 Å². The van der Waals surface area contributed by atoms with Gasteiger partial charge in [-0.15, -0.1) is 0 Å². The first kappa shape index (κ1) is 22.3. The highest BCUT2D eigenvalue weighted by Gasteiger charge is 2.21. The Hall–Kier alpha value is -3.94. The lowest BCUT2D eigenvalue weighted by atomic mass is 10.0. The molecule has 8 nitrogen and oxygen atoms in total. The number of hydrogen-bond acceptors (Lipinski definition) is 8. The molecule has 0 bridgehead atoms. The summed E-state index contributed by atoms with van der Waals surface area (Å²) in [5, 5.41) is 0.818. The maximum Gasteiger partial charge on any atom is 0.340 e. The standard InChI is InChI=1S/C25H23NO7/c1-15-17-5-3-4-6-18(17)26-19(24(15)25(29)30-2)14-33-23(28)10-8-20(27)16-7-9-21-22(13-16)32-12-11-31-21/h3-7,9,13H,8,10-12,14H2,1-2H3. The zero-order valence-corrected chi connectivity index (χ0v) is 18.4. The maximum absolute atomic E-state index is 12.5. The second-order valence-electron chi connectivity index (χ2n) is 7.51. The normalized spacial score (nSPS) is 12.3. The molecule has 0 saturated heterocycles. The summed E-state index contributed by atoms with van der Waals surface area (Å²) in [5.41, 5.74) is 2.41. The molecular weight excluding hydrogens is 426 g/mol. The van der Waals surface area contributed by atoms with Gasteiger partial charge in [0.15, 0.2) is 17.3 Å². The van der Waals surface area contributed by atoms with Crippen LogP contribution in [0.4, 0.5) is 0 Å². The van der Waals surface area contributed by atoms with E-state index in [4.69, 9.17) is 18.9 Å². The number of esters is 2. The molecule has 2 heterocycles. The SMILES string of the molecule is COC(=O)c1c(COC(=O)CCC(=O)c2ccc3c(c2)OCCO3)nc2ccccc2c1C. The number of ether oxygens (including phenoxy) is 4. The predicted octanol–water partition coefficient (Wildman–Crippen LogP) is 3.81. The average Bonchev–Trinajstić information content (AvgIpc) is 2.85. The Morgan fingerprint density at radius 3 is 2.55 bits per heavy atom. The molecule has 0 radical (unpaired) electrons. The third kappa shape index (κ3) is 4.79. The average molecular weight is 449 g/mol. The lowest BCUT2D eigenvalue weighted by Gasteiger charge is -2.18. The first-order valence-electron chi connectivity index (χ1n) is 10.5. The Morgan fingerprint density at radius 2 is 1.76 bits per heavy atom. The number of pyridine rings is 1. The number of methoxy groups -OCH3 is 1. The molecule has 0 unspecified atom stereocenters. The van der Waals surface area contributed by atoms with Crippen molar-refractivity contribution in [3.63, 3.8) is 0 Å². The minimum atomic E-state index is -0.565. The van der Waals surface area contributed by atoms with Crippen molar-refractivity contribution < 1.29 is 33.3 Å². The third-order valence-electron chi connectivity index (χ3n) is 5.41. The van der Waals surface area contributed by atoms with Gasteiger partial charge in [0.2, 0.25) is 0 Å². The Morgan fingerprint density at radius 1 is 1.00 bits per heavy atom. The number of carbonyl (C=O) groups excluding carboxylic acids is 3. The van der Waals surface area contributed by atoms with Crippen LogP contribution in [0.1, 0.15) is 44.8 Å². The molecule has 0 saturated carbocycles. The number of fused-ring (bicyclic) bond motifs is 2. The number of nitrogens with zero attached hydrogens (tertiary/aromatic N) is 1. The first-order valence-corrected chi connectivity index (χ1v) is 10.5. The zero-order valence-electron chi connectivity index (χ0n) is 18.4. The van der Waals surface area contributed by atoms with Crippen LogP contribution in [0, 0.1) is 6.92 Å². The molecule has 1 aliphatic rings. The van der Waals surface area contributed by atoms with E-state index in [1.807, 2.05) is 24.3 Å². The zero-order chi connectivity index (χ0) is 23.4. The van der Waals surface area contributed by atoms with Crippen molar-refractivity contribution in [1.82, 2.24) is 4.98 Å². The Balaban J connectivity index is 1.41. The third-order valence-corrected chi connectivity index (χ3v) is 5.41. The number of benzene rings is 2. The molecule has 0 aliphatic carbocycles. The second-order valence-corrected chi connectivity index (χ2v) is 7.51. The van der Waals surface area contributed by atoms with Gasteiger partial charge >= 0.3 is 11.9 Å². The lowest BCUT2D eigenvalue weighted by Crippen LogP contribution is -2.16. The van der Waals surface area contributed by atoms with Gasteiger partial charge in [-0.3, -0.25) is 9.59 Å². The smallest absolute Gasteiger partial charge is 0.340 e. The number of aromatic nitrogens is 1. The molecular formula is C25H23NO7. The van der Waals surface area contributed by atoms with Crippen molar-refractivity contribution >= 4 is 28.6 Å². The van der Waals surface area contributed by atoms with Crippen molar-refractivity contribution in [1.29, 1.82) is 0 Å². The maximum atomic E-state index is 12.5. The van der Waals surface area contributed by atoms with Gasteiger partial charge in [0, 0.05) is 17.4 Å². The minimum Gasteiger partial charge on any atom is -0.486 e. The first-order chi connectivity index (χ1) is 16.0. The Kier molecular flexibility index (Phi) is 6.53. The number of ketones is 1. The van der Waals surface area contributed by atoms with E-state index in [2.05, 4.69) is 4.98 Å². The van der Waals surface area contributed by atoms with Gasteiger partial charge in [-0.1, -0.05) is 18.2 Å². The van der Waals surface area contributed by atoms with Crippen LogP contribution in [0.3, 0.4) is 0 Å². The number of hydrogen-bond donors (Lipinski definition) is 0. The largest absolute Gasteiger partial charge is 0.486 e. The van der Waals surface area contributed by atoms with E-state index in [0.717, 1.165) is 5.39 Å². The quantitative estimate of drug-likeness (QED) is 0.397. The van der Waals surface area contributed by atoms with Crippen LogP contribution in [0.15, 0.2) is 42.5 Å². The number of rotatable bonds is 7. The highest BCUT2D eigenvalue weighted by Crippen LogP contribution is 2.31. The van der Waals surface area contributed by atoms with E-state index in [1.165, 1.54) is 7.11 Å². The molecule has 0 spiro atoms. The van der Waals surface area contributed by atoms with E-state index < -0.39 is 11.9 Å². The van der Waals surface area contributed by atoms with Crippen molar-refractivity contribution in [3.05, 3.63) is 64.8 Å². The lowest BCUT2D eigenvalue weighted by molar-refractivity contribution is -0.145.